The fourth-order valence-corrected chi connectivity index (χ4v) is 2.24. The average Bonchev–Trinajstić information content (AvgIpc) is 2.76. The summed E-state index contributed by atoms with van der Waals surface area (Å²) in [4.78, 5) is 15.0. The van der Waals surface area contributed by atoms with Gasteiger partial charge in [0.15, 0.2) is 0 Å². The minimum Gasteiger partial charge on any atom is -0.478 e. The van der Waals surface area contributed by atoms with Gasteiger partial charge in [-0.15, -0.1) is 0 Å². The van der Waals surface area contributed by atoms with Gasteiger partial charge in [0.25, 0.3) is 0 Å². The van der Waals surface area contributed by atoms with Crippen molar-refractivity contribution in [3.8, 4) is 11.3 Å². The first-order valence-electron chi connectivity index (χ1n) is 6.00. The lowest BCUT2D eigenvalue weighted by atomic mass is 10.1. The van der Waals surface area contributed by atoms with Crippen LogP contribution in [-0.2, 0) is 7.05 Å². The molecule has 3 rings (SSSR count). The Balaban J connectivity index is 2.17. The third kappa shape index (κ3) is 1.93. The van der Waals surface area contributed by atoms with E-state index >= 15 is 0 Å². The highest BCUT2D eigenvalue weighted by Gasteiger charge is 2.11. The molecule has 0 saturated heterocycles. The highest BCUT2D eigenvalue weighted by molar-refractivity contribution is 5.95. The van der Waals surface area contributed by atoms with E-state index in [2.05, 4.69) is 4.98 Å². The summed E-state index contributed by atoms with van der Waals surface area (Å²) < 4.78 is 15.1. The van der Waals surface area contributed by atoms with Crippen LogP contribution in [-0.4, -0.2) is 20.6 Å². The zero-order chi connectivity index (χ0) is 14.3. The zero-order valence-corrected chi connectivity index (χ0v) is 10.7. The SMILES string of the molecule is Cn1cc(-c2ccc(C(=O)O)cn2)c2ccc(F)cc21. The molecule has 1 aromatic carbocycles. The van der Waals surface area contributed by atoms with Gasteiger partial charge in [-0.05, 0) is 30.3 Å². The van der Waals surface area contributed by atoms with Crippen molar-refractivity contribution < 1.29 is 14.3 Å². The number of aryl methyl sites for hydroxylation is 1. The van der Waals surface area contributed by atoms with Crippen molar-refractivity contribution in [2.75, 3.05) is 0 Å². The molecule has 2 heterocycles. The lowest BCUT2D eigenvalue weighted by Crippen LogP contribution is -1.96. The summed E-state index contributed by atoms with van der Waals surface area (Å²) in [5, 5.41) is 9.75. The molecule has 0 spiro atoms. The van der Waals surface area contributed by atoms with E-state index in [-0.39, 0.29) is 11.4 Å². The fraction of sp³-hybridized carbons (Fsp3) is 0.0667. The molecule has 0 aliphatic heterocycles. The molecule has 0 bridgehead atoms. The molecular weight excluding hydrogens is 259 g/mol. The summed E-state index contributed by atoms with van der Waals surface area (Å²) in [5.74, 6) is -1.30. The van der Waals surface area contributed by atoms with Crippen molar-refractivity contribution in [2.24, 2.45) is 7.05 Å². The Kier molecular flexibility index (Phi) is 2.75. The summed E-state index contributed by atoms with van der Waals surface area (Å²) in [6, 6.07) is 7.73. The minimum atomic E-state index is -1.01. The molecule has 5 heteroatoms. The summed E-state index contributed by atoms with van der Waals surface area (Å²) >= 11 is 0. The average molecular weight is 270 g/mol. The Morgan fingerprint density at radius 1 is 1.30 bits per heavy atom. The smallest absolute Gasteiger partial charge is 0.337 e. The van der Waals surface area contributed by atoms with E-state index in [1.54, 1.807) is 12.1 Å². The molecule has 0 fully saturated rings. The fourth-order valence-electron chi connectivity index (χ4n) is 2.24. The first-order valence-corrected chi connectivity index (χ1v) is 6.00. The standard InChI is InChI=1S/C15H11FN2O2/c1-18-8-12(11-4-3-10(16)6-14(11)18)13-5-2-9(7-17-13)15(19)20/h2-8H,1H3,(H,19,20). The molecule has 0 aliphatic carbocycles. The summed E-state index contributed by atoms with van der Waals surface area (Å²) in [5.41, 5.74) is 2.41. The Morgan fingerprint density at radius 3 is 2.75 bits per heavy atom. The molecule has 4 nitrogen and oxygen atoms in total. The predicted octanol–water partition coefficient (Wildman–Crippen LogP) is 3.08. The Labute approximate surface area is 114 Å². The molecule has 20 heavy (non-hydrogen) atoms. The van der Waals surface area contributed by atoms with E-state index in [4.69, 9.17) is 5.11 Å². The minimum absolute atomic E-state index is 0.139. The number of nitrogens with zero attached hydrogens (tertiary/aromatic N) is 2. The highest BCUT2D eigenvalue weighted by atomic mass is 19.1. The van der Waals surface area contributed by atoms with Gasteiger partial charge >= 0.3 is 5.97 Å². The number of halogens is 1. The molecule has 1 N–H and O–H groups in total. The number of hydrogen-bond acceptors (Lipinski definition) is 2. The number of carbonyl (C=O) groups is 1. The van der Waals surface area contributed by atoms with Crippen molar-refractivity contribution in [3.05, 3.63) is 54.1 Å². The highest BCUT2D eigenvalue weighted by Crippen LogP contribution is 2.29. The molecule has 0 aliphatic rings. The molecule has 0 atom stereocenters. The van der Waals surface area contributed by atoms with Gasteiger partial charge in [-0.1, -0.05) is 0 Å². The van der Waals surface area contributed by atoms with Crippen LogP contribution >= 0.6 is 0 Å². The van der Waals surface area contributed by atoms with Gasteiger partial charge in [0.05, 0.1) is 16.8 Å². The first kappa shape index (κ1) is 12.3. The van der Waals surface area contributed by atoms with Crippen molar-refractivity contribution in [1.82, 2.24) is 9.55 Å². The number of rotatable bonds is 2. The maximum absolute atomic E-state index is 13.3. The monoisotopic (exact) mass is 270 g/mol. The van der Waals surface area contributed by atoms with Crippen LogP contribution in [0.1, 0.15) is 10.4 Å². The van der Waals surface area contributed by atoms with Gasteiger partial charge < -0.3 is 9.67 Å². The van der Waals surface area contributed by atoms with Gasteiger partial charge in [0.1, 0.15) is 5.82 Å². The normalized spacial score (nSPS) is 10.9. The van der Waals surface area contributed by atoms with Gasteiger partial charge in [-0.25, -0.2) is 9.18 Å². The quantitative estimate of drug-likeness (QED) is 0.778. The van der Waals surface area contributed by atoms with Crippen LogP contribution in [0.15, 0.2) is 42.7 Å². The number of hydrogen-bond donors (Lipinski definition) is 1. The second-order valence-corrected chi connectivity index (χ2v) is 4.55. The maximum atomic E-state index is 13.3. The van der Waals surface area contributed by atoms with Crippen molar-refractivity contribution in [1.29, 1.82) is 0 Å². The van der Waals surface area contributed by atoms with Gasteiger partial charge in [0, 0.05) is 30.4 Å². The second kappa shape index (κ2) is 4.45. The van der Waals surface area contributed by atoms with Crippen LogP contribution in [0.5, 0.6) is 0 Å². The van der Waals surface area contributed by atoms with E-state index in [0.717, 1.165) is 16.5 Å². The lowest BCUT2D eigenvalue weighted by molar-refractivity contribution is 0.0696. The molecule has 0 saturated carbocycles. The number of aromatic nitrogens is 2. The van der Waals surface area contributed by atoms with Crippen molar-refractivity contribution >= 4 is 16.9 Å². The number of pyridine rings is 1. The van der Waals surface area contributed by atoms with Gasteiger partial charge in [-0.3, -0.25) is 4.98 Å². The van der Waals surface area contributed by atoms with Crippen LogP contribution in [0.3, 0.4) is 0 Å². The van der Waals surface area contributed by atoms with Crippen LogP contribution in [0.4, 0.5) is 4.39 Å². The number of fused-ring (bicyclic) bond motifs is 1. The molecule has 0 unspecified atom stereocenters. The number of carboxylic acid groups (broad SMARTS) is 1. The number of aromatic carboxylic acids is 1. The third-order valence-corrected chi connectivity index (χ3v) is 3.24. The van der Waals surface area contributed by atoms with Gasteiger partial charge in [-0.2, -0.15) is 0 Å². The van der Waals surface area contributed by atoms with Crippen LogP contribution in [0.25, 0.3) is 22.2 Å². The van der Waals surface area contributed by atoms with Crippen LogP contribution < -0.4 is 0 Å². The summed E-state index contributed by atoms with van der Waals surface area (Å²) in [6.07, 6.45) is 3.17. The maximum Gasteiger partial charge on any atom is 0.337 e. The van der Waals surface area contributed by atoms with E-state index in [1.165, 1.54) is 24.4 Å². The zero-order valence-electron chi connectivity index (χ0n) is 10.7. The molecule has 0 amide bonds. The topological polar surface area (TPSA) is 55.1 Å². The van der Waals surface area contributed by atoms with E-state index in [0.29, 0.717) is 5.69 Å². The molecule has 0 radical (unpaired) electrons. The summed E-state index contributed by atoms with van der Waals surface area (Å²) in [7, 11) is 1.83. The van der Waals surface area contributed by atoms with E-state index < -0.39 is 5.97 Å². The predicted molar refractivity (Wildman–Crippen MR) is 73.1 cm³/mol. The van der Waals surface area contributed by atoms with Gasteiger partial charge in [0.2, 0.25) is 0 Å². The summed E-state index contributed by atoms with van der Waals surface area (Å²) in [6.45, 7) is 0. The molecule has 100 valence electrons. The van der Waals surface area contributed by atoms with Crippen molar-refractivity contribution in [3.63, 3.8) is 0 Å². The van der Waals surface area contributed by atoms with E-state index in [9.17, 15) is 9.18 Å². The lowest BCUT2D eigenvalue weighted by Gasteiger charge is -2.00. The third-order valence-electron chi connectivity index (χ3n) is 3.24. The van der Waals surface area contributed by atoms with Crippen molar-refractivity contribution in [2.45, 2.75) is 0 Å². The van der Waals surface area contributed by atoms with Crippen LogP contribution in [0.2, 0.25) is 0 Å². The Morgan fingerprint density at radius 2 is 2.10 bits per heavy atom. The second-order valence-electron chi connectivity index (χ2n) is 4.55. The van der Waals surface area contributed by atoms with Crippen LogP contribution in [0, 0.1) is 5.82 Å². The Bertz CT molecular complexity index is 807. The number of carboxylic acids is 1. The molecular formula is C15H11FN2O2. The number of benzene rings is 1. The Hall–Kier alpha value is -2.69. The molecule has 3 aromatic rings. The van der Waals surface area contributed by atoms with E-state index in [1.807, 2.05) is 17.8 Å². The molecule has 2 aromatic heterocycles. The first-order chi connectivity index (χ1) is 9.56. The largest absolute Gasteiger partial charge is 0.478 e.